The number of benzene rings is 1. The average molecular weight is 219 g/mol. The predicted octanol–water partition coefficient (Wildman–Crippen LogP) is 1.51. The minimum absolute atomic E-state index is 0.373. The summed E-state index contributed by atoms with van der Waals surface area (Å²) in [5, 5.41) is 3.06. The summed E-state index contributed by atoms with van der Waals surface area (Å²) in [7, 11) is 1.81. The number of nitrogens with two attached hydrogens (primary N) is 2. The molecule has 16 heavy (non-hydrogen) atoms. The highest BCUT2D eigenvalue weighted by Gasteiger charge is 2.40. The Balaban J connectivity index is 2.58. The Hall–Kier alpha value is -1.71. The Labute approximate surface area is 95.0 Å². The first kappa shape index (κ1) is 10.8. The summed E-state index contributed by atoms with van der Waals surface area (Å²) in [5.74, 6) is 0. The van der Waals surface area contributed by atoms with E-state index in [9.17, 15) is 4.79 Å². The molecule has 2 rings (SSSR count). The zero-order valence-electron chi connectivity index (χ0n) is 9.42. The molecule has 86 valence electrons. The van der Waals surface area contributed by atoms with Crippen molar-refractivity contribution in [3.63, 3.8) is 0 Å². The number of hydrogen-bond donors (Lipinski definition) is 3. The molecule has 0 spiro atoms. The van der Waals surface area contributed by atoms with Crippen LogP contribution in [0, 0.1) is 0 Å². The van der Waals surface area contributed by atoms with Gasteiger partial charge in [-0.1, -0.05) is 6.42 Å². The largest absolute Gasteiger partial charge is 0.399 e. The van der Waals surface area contributed by atoms with Gasteiger partial charge in [0.1, 0.15) is 6.29 Å². The molecular weight excluding hydrogens is 202 g/mol. The van der Waals surface area contributed by atoms with Gasteiger partial charge >= 0.3 is 0 Å². The van der Waals surface area contributed by atoms with E-state index in [1.165, 1.54) is 0 Å². The molecular formula is C12H17N3O. The molecule has 0 aromatic heterocycles. The van der Waals surface area contributed by atoms with E-state index in [2.05, 4.69) is 5.32 Å². The van der Waals surface area contributed by atoms with Gasteiger partial charge in [0.15, 0.2) is 0 Å². The summed E-state index contributed by atoms with van der Waals surface area (Å²) in [6, 6.07) is 3.57. The van der Waals surface area contributed by atoms with Crippen LogP contribution in [0.2, 0.25) is 0 Å². The van der Waals surface area contributed by atoms with Crippen LogP contribution in [-0.4, -0.2) is 13.3 Å². The lowest BCUT2D eigenvalue weighted by atomic mass is 9.65. The van der Waals surface area contributed by atoms with Crippen molar-refractivity contribution in [2.45, 2.75) is 24.7 Å². The van der Waals surface area contributed by atoms with Gasteiger partial charge in [0.2, 0.25) is 0 Å². The van der Waals surface area contributed by atoms with Gasteiger partial charge in [-0.2, -0.15) is 0 Å². The van der Waals surface area contributed by atoms with Crippen LogP contribution >= 0.6 is 0 Å². The Morgan fingerprint density at radius 1 is 1.38 bits per heavy atom. The molecule has 0 amide bonds. The highest BCUT2D eigenvalue weighted by Crippen LogP contribution is 2.46. The van der Waals surface area contributed by atoms with E-state index in [0.29, 0.717) is 11.4 Å². The van der Waals surface area contributed by atoms with Gasteiger partial charge in [-0.3, -0.25) is 0 Å². The van der Waals surface area contributed by atoms with Crippen LogP contribution in [0.4, 0.5) is 17.1 Å². The Morgan fingerprint density at radius 3 is 2.50 bits per heavy atom. The van der Waals surface area contributed by atoms with Crippen molar-refractivity contribution >= 4 is 23.3 Å². The SMILES string of the molecule is CNc1c(N)cc(N)cc1C1(C=O)CCC1. The van der Waals surface area contributed by atoms with Crippen LogP contribution in [-0.2, 0) is 10.2 Å². The van der Waals surface area contributed by atoms with Crippen LogP contribution in [0.25, 0.3) is 0 Å². The Kier molecular flexibility index (Phi) is 2.50. The standard InChI is InChI=1S/C12H17N3O/c1-15-11-9(5-8(13)6-10(11)14)12(7-16)3-2-4-12/h5-7,15H,2-4,13-14H2,1H3. The first-order chi connectivity index (χ1) is 7.63. The second kappa shape index (κ2) is 3.70. The van der Waals surface area contributed by atoms with E-state index in [-0.39, 0.29) is 5.41 Å². The summed E-state index contributed by atoms with van der Waals surface area (Å²) in [5.41, 5.74) is 14.3. The predicted molar refractivity (Wildman–Crippen MR) is 66.4 cm³/mol. The number of anilines is 3. The smallest absolute Gasteiger partial charge is 0.130 e. The van der Waals surface area contributed by atoms with Crippen molar-refractivity contribution in [1.82, 2.24) is 0 Å². The van der Waals surface area contributed by atoms with Gasteiger partial charge in [0.05, 0.1) is 16.8 Å². The fraction of sp³-hybridized carbons (Fsp3) is 0.417. The van der Waals surface area contributed by atoms with Crippen molar-refractivity contribution in [1.29, 1.82) is 0 Å². The summed E-state index contributed by atoms with van der Waals surface area (Å²) >= 11 is 0. The van der Waals surface area contributed by atoms with E-state index >= 15 is 0 Å². The molecule has 1 aromatic rings. The minimum Gasteiger partial charge on any atom is -0.399 e. The Bertz CT molecular complexity index is 425. The number of nitrogens with one attached hydrogen (secondary N) is 1. The van der Waals surface area contributed by atoms with Crippen LogP contribution in [0.3, 0.4) is 0 Å². The van der Waals surface area contributed by atoms with Crippen molar-refractivity contribution in [2.24, 2.45) is 0 Å². The molecule has 4 nitrogen and oxygen atoms in total. The zero-order chi connectivity index (χ0) is 11.8. The fourth-order valence-corrected chi connectivity index (χ4v) is 2.37. The molecule has 0 unspecified atom stereocenters. The minimum atomic E-state index is -0.373. The number of aldehydes is 1. The van der Waals surface area contributed by atoms with Gasteiger partial charge < -0.3 is 21.6 Å². The highest BCUT2D eigenvalue weighted by atomic mass is 16.1. The summed E-state index contributed by atoms with van der Waals surface area (Å²) in [6.07, 6.45) is 3.88. The fourth-order valence-electron chi connectivity index (χ4n) is 2.37. The third-order valence-corrected chi connectivity index (χ3v) is 3.45. The Morgan fingerprint density at radius 2 is 2.06 bits per heavy atom. The molecule has 0 heterocycles. The highest BCUT2D eigenvalue weighted by molar-refractivity contribution is 5.83. The lowest BCUT2D eigenvalue weighted by Crippen LogP contribution is -2.36. The lowest BCUT2D eigenvalue weighted by Gasteiger charge is -2.38. The number of rotatable bonds is 3. The van der Waals surface area contributed by atoms with Gasteiger partial charge in [-0.15, -0.1) is 0 Å². The molecule has 1 aliphatic rings. The van der Waals surface area contributed by atoms with E-state index in [4.69, 9.17) is 11.5 Å². The third-order valence-electron chi connectivity index (χ3n) is 3.45. The van der Waals surface area contributed by atoms with E-state index in [1.807, 2.05) is 13.1 Å². The second-order valence-corrected chi connectivity index (χ2v) is 4.41. The molecule has 4 heteroatoms. The van der Waals surface area contributed by atoms with Gasteiger partial charge in [0, 0.05) is 12.7 Å². The topological polar surface area (TPSA) is 81.1 Å². The van der Waals surface area contributed by atoms with Crippen LogP contribution in [0.5, 0.6) is 0 Å². The molecule has 0 atom stereocenters. The molecule has 5 N–H and O–H groups in total. The van der Waals surface area contributed by atoms with Crippen LogP contribution in [0.15, 0.2) is 12.1 Å². The molecule has 0 aliphatic heterocycles. The molecule has 1 aromatic carbocycles. The molecule has 1 saturated carbocycles. The first-order valence-electron chi connectivity index (χ1n) is 5.46. The monoisotopic (exact) mass is 219 g/mol. The van der Waals surface area contributed by atoms with E-state index in [0.717, 1.165) is 36.8 Å². The maximum Gasteiger partial charge on any atom is 0.130 e. The van der Waals surface area contributed by atoms with Crippen molar-refractivity contribution in [3.8, 4) is 0 Å². The second-order valence-electron chi connectivity index (χ2n) is 4.41. The maximum absolute atomic E-state index is 11.3. The van der Waals surface area contributed by atoms with E-state index in [1.54, 1.807) is 6.07 Å². The molecule has 1 aliphatic carbocycles. The van der Waals surface area contributed by atoms with Crippen molar-refractivity contribution in [3.05, 3.63) is 17.7 Å². The normalized spacial score (nSPS) is 17.6. The van der Waals surface area contributed by atoms with Gasteiger partial charge in [-0.05, 0) is 30.5 Å². The summed E-state index contributed by atoms with van der Waals surface area (Å²) in [4.78, 5) is 11.3. The van der Waals surface area contributed by atoms with Crippen molar-refractivity contribution < 1.29 is 4.79 Å². The summed E-state index contributed by atoms with van der Waals surface area (Å²) < 4.78 is 0. The quantitative estimate of drug-likeness (QED) is 0.531. The average Bonchev–Trinajstić information content (AvgIpc) is 2.16. The molecule has 0 radical (unpaired) electrons. The van der Waals surface area contributed by atoms with Crippen LogP contribution in [0.1, 0.15) is 24.8 Å². The number of nitrogen functional groups attached to an aromatic ring is 2. The summed E-state index contributed by atoms with van der Waals surface area (Å²) in [6.45, 7) is 0. The number of carbonyl (C=O) groups is 1. The van der Waals surface area contributed by atoms with Gasteiger partial charge in [-0.25, -0.2) is 0 Å². The maximum atomic E-state index is 11.3. The van der Waals surface area contributed by atoms with E-state index < -0.39 is 0 Å². The zero-order valence-corrected chi connectivity index (χ0v) is 9.42. The molecule has 1 fully saturated rings. The van der Waals surface area contributed by atoms with Gasteiger partial charge in [0.25, 0.3) is 0 Å². The molecule has 0 saturated heterocycles. The number of hydrogen-bond acceptors (Lipinski definition) is 4. The lowest BCUT2D eigenvalue weighted by molar-refractivity contribution is -0.115. The van der Waals surface area contributed by atoms with Crippen molar-refractivity contribution in [2.75, 3.05) is 23.8 Å². The van der Waals surface area contributed by atoms with Crippen LogP contribution < -0.4 is 16.8 Å². The molecule has 0 bridgehead atoms. The number of carbonyl (C=O) groups excluding carboxylic acids is 1. The first-order valence-corrected chi connectivity index (χ1v) is 5.46. The third kappa shape index (κ3) is 1.41.